The van der Waals surface area contributed by atoms with Crippen LogP contribution in [0.3, 0.4) is 0 Å². The van der Waals surface area contributed by atoms with Crippen molar-refractivity contribution in [3.05, 3.63) is 22.8 Å². The summed E-state index contributed by atoms with van der Waals surface area (Å²) in [5, 5.41) is 32.9. The zero-order chi connectivity index (χ0) is 27.5. The van der Waals surface area contributed by atoms with Crippen LogP contribution in [0.1, 0.15) is 99.8 Å². The smallest absolute Gasteiger partial charge is 0.331 e. The van der Waals surface area contributed by atoms with Crippen LogP contribution in [0, 0.1) is 39.9 Å². The highest BCUT2D eigenvalue weighted by molar-refractivity contribution is 5.88. The number of fused-ring (bicyclic) bond motifs is 5. The van der Waals surface area contributed by atoms with Gasteiger partial charge in [-0.2, -0.15) is 0 Å². The van der Waals surface area contributed by atoms with Crippen LogP contribution in [0.2, 0.25) is 0 Å². The maximum atomic E-state index is 12.6. The number of carbonyl (C=O) groups excluding carboxylic acids is 1. The van der Waals surface area contributed by atoms with Gasteiger partial charge < -0.3 is 20.1 Å². The van der Waals surface area contributed by atoms with Gasteiger partial charge in [-0.25, -0.2) is 4.79 Å². The van der Waals surface area contributed by atoms with Gasteiger partial charge in [-0.05, 0) is 111 Å². The molecule has 37 heavy (non-hydrogen) atoms. The number of carboxylic acids is 1. The number of hydrogen-bond acceptors (Lipinski definition) is 5. The molecule has 0 heterocycles. The molecule has 4 aliphatic rings. The van der Waals surface area contributed by atoms with Crippen LogP contribution in [0.5, 0.6) is 0 Å². The molecule has 6 nitrogen and oxygen atoms in total. The summed E-state index contributed by atoms with van der Waals surface area (Å²) in [5.41, 5.74) is 1.57. The van der Waals surface area contributed by atoms with Crippen molar-refractivity contribution < 1.29 is 29.6 Å². The van der Waals surface area contributed by atoms with Crippen molar-refractivity contribution >= 4 is 11.9 Å². The summed E-state index contributed by atoms with van der Waals surface area (Å²) in [4.78, 5) is 24.8. The van der Waals surface area contributed by atoms with Crippen molar-refractivity contribution in [1.29, 1.82) is 0 Å². The summed E-state index contributed by atoms with van der Waals surface area (Å²) in [6.45, 7) is 14.5. The molecule has 3 N–H and O–H groups in total. The lowest BCUT2D eigenvalue weighted by Crippen LogP contribution is -2.65. The van der Waals surface area contributed by atoms with Gasteiger partial charge in [0.2, 0.25) is 0 Å². The van der Waals surface area contributed by atoms with Crippen molar-refractivity contribution in [3.63, 3.8) is 0 Å². The lowest BCUT2D eigenvalue weighted by molar-refractivity contribution is -0.234. The first kappa shape index (κ1) is 28.4. The summed E-state index contributed by atoms with van der Waals surface area (Å²) >= 11 is 0. The van der Waals surface area contributed by atoms with Crippen molar-refractivity contribution in [1.82, 2.24) is 0 Å². The van der Waals surface area contributed by atoms with Crippen molar-refractivity contribution in [3.8, 4) is 0 Å². The molecule has 0 aromatic carbocycles. The Balaban J connectivity index is 1.82. The van der Waals surface area contributed by atoms with Gasteiger partial charge in [-0.1, -0.05) is 39.3 Å². The number of aliphatic carboxylic acids is 1. The van der Waals surface area contributed by atoms with Gasteiger partial charge in [-0.15, -0.1) is 0 Å². The molecule has 0 aromatic heterocycles. The Kier molecular flexibility index (Phi) is 7.53. The molecule has 0 aromatic rings. The second-order valence-corrected chi connectivity index (χ2v) is 13.6. The van der Waals surface area contributed by atoms with Crippen LogP contribution >= 0.6 is 0 Å². The number of carbonyl (C=O) groups is 2. The zero-order valence-electron chi connectivity index (χ0n) is 23.8. The van der Waals surface area contributed by atoms with E-state index in [4.69, 9.17) is 4.74 Å². The maximum Gasteiger partial charge on any atom is 0.331 e. The average molecular weight is 517 g/mol. The maximum absolute atomic E-state index is 12.6. The number of hydrogen-bond donors (Lipinski definition) is 3. The number of allylic oxidation sites excluding steroid dienone is 2. The molecule has 0 bridgehead atoms. The molecule has 10 atom stereocenters. The van der Waals surface area contributed by atoms with Crippen LogP contribution in [0.4, 0.5) is 0 Å². The predicted octanol–water partition coefficient (Wildman–Crippen LogP) is 5.67. The van der Waals surface area contributed by atoms with Crippen LogP contribution in [0.25, 0.3) is 0 Å². The van der Waals surface area contributed by atoms with Gasteiger partial charge in [0.25, 0.3) is 0 Å². The molecule has 0 amide bonds. The van der Waals surface area contributed by atoms with E-state index in [2.05, 4.69) is 27.7 Å². The standard InChI is InChI=1S/C31H48O6/c1-17(2)9-8-10-20(28(35)36)26-22-15-24(34)27-29(5)13-12-23(33)18(3)21(29)11-14-30(27,6)31(22,7)16-25(26)37-19(4)32/h9,18,21-25,27,33-34H,8,10-16H2,1-7H3,(H,35,36)/b26-20+/t18-,21-,22+,23+,24+,25+,27-,29-,30-,31+/m0/s1. The molecule has 0 radical (unpaired) electrons. The summed E-state index contributed by atoms with van der Waals surface area (Å²) in [6.07, 6.45) is 6.22. The molecule has 0 spiro atoms. The molecule has 0 aliphatic heterocycles. The van der Waals surface area contributed by atoms with Crippen LogP contribution in [-0.2, 0) is 14.3 Å². The fraction of sp³-hybridized carbons (Fsp3) is 0.806. The third-order valence-electron chi connectivity index (χ3n) is 11.6. The van der Waals surface area contributed by atoms with E-state index in [1.54, 1.807) is 0 Å². The fourth-order valence-corrected chi connectivity index (χ4v) is 9.79. The Hall–Kier alpha value is -1.66. The lowest BCUT2D eigenvalue weighted by atomic mass is 9.36. The number of aliphatic hydroxyl groups is 2. The van der Waals surface area contributed by atoms with E-state index in [0.717, 1.165) is 36.8 Å². The number of aliphatic hydroxyl groups excluding tert-OH is 2. The van der Waals surface area contributed by atoms with E-state index in [-0.39, 0.29) is 40.1 Å². The Morgan fingerprint density at radius 3 is 2.30 bits per heavy atom. The van der Waals surface area contributed by atoms with Crippen LogP contribution < -0.4 is 0 Å². The van der Waals surface area contributed by atoms with Crippen molar-refractivity contribution in [2.75, 3.05) is 0 Å². The molecule has 6 heteroatoms. The first-order valence-corrected chi connectivity index (χ1v) is 14.3. The summed E-state index contributed by atoms with van der Waals surface area (Å²) < 4.78 is 5.87. The van der Waals surface area contributed by atoms with E-state index >= 15 is 0 Å². The van der Waals surface area contributed by atoms with E-state index in [9.17, 15) is 24.9 Å². The highest BCUT2D eigenvalue weighted by Crippen LogP contribution is 2.74. The number of rotatable bonds is 5. The van der Waals surface area contributed by atoms with Crippen molar-refractivity contribution in [2.24, 2.45) is 39.9 Å². The molecule has 4 saturated carbocycles. The minimum absolute atomic E-state index is 0.0474. The molecule has 0 saturated heterocycles. The highest BCUT2D eigenvalue weighted by Gasteiger charge is 2.70. The van der Waals surface area contributed by atoms with Gasteiger partial charge >= 0.3 is 11.9 Å². The van der Waals surface area contributed by atoms with Gasteiger partial charge in [0.1, 0.15) is 6.10 Å². The Labute approximate surface area is 222 Å². The minimum atomic E-state index is -0.953. The molecule has 4 rings (SSSR count). The quantitative estimate of drug-likeness (QED) is 0.247. The van der Waals surface area contributed by atoms with E-state index in [1.807, 2.05) is 19.9 Å². The first-order chi connectivity index (χ1) is 17.2. The van der Waals surface area contributed by atoms with Gasteiger partial charge in [0, 0.05) is 12.5 Å². The highest BCUT2D eigenvalue weighted by atomic mass is 16.5. The summed E-state index contributed by atoms with van der Waals surface area (Å²) in [6, 6.07) is 0. The third kappa shape index (κ3) is 4.40. The fourth-order valence-electron chi connectivity index (χ4n) is 9.79. The normalized spacial score (nSPS) is 46.2. The van der Waals surface area contributed by atoms with Gasteiger partial charge in [0.05, 0.1) is 12.2 Å². The number of esters is 1. The predicted molar refractivity (Wildman–Crippen MR) is 143 cm³/mol. The average Bonchev–Trinajstić information content (AvgIpc) is 3.05. The minimum Gasteiger partial charge on any atom is -0.478 e. The monoisotopic (exact) mass is 516 g/mol. The van der Waals surface area contributed by atoms with Gasteiger partial charge in [-0.3, -0.25) is 4.79 Å². The van der Waals surface area contributed by atoms with E-state index in [0.29, 0.717) is 37.2 Å². The SMILES string of the molecule is CC(=O)O[C@@H]1C[C@]2(C)[C@H](C[C@@H](O)[C@H]3[C@@]4(C)CC[C@@H](O)[C@@H](C)[C@@H]4CC[C@@]32C)/C1=C(/CCC=C(C)C)C(=O)O. The molecule has 208 valence electrons. The Bertz CT molecular complexity index is 994. The topological polar surface area (TPSA) is 104 Å². The Morgan fingerprint density at radius 1 is 1.03 bits per heavy atom. The van der Waals surface area contributed by atoms with Gasteiger partial charge in [0.15, 0.2) is 0 Å². The summed E-state index contributed by atoms with van der Waals surface area (Å²) in [7, 11) is 0. The van der Waals surface area contributed by atoms with Crippen LogP contribution in [-0.4, -0.2) is 45.6 Å². The second-order valence-electron chi connectivity index (χ2n) is 13.6. The summed E-state index contributed by atoms with van der Waals surface area (Å²) in [5.74, 6) is -0.909. The number of carboxylic acid groups (broad SMARTS) is 1. The number of ether oxygens (including phenoxy) is 1. The molecule has 0 unspecified atom stereocenters. The first-order valence-electron chi connectivity index (χ1n) is 14.3. The molecular formula is C31H48O6. The third-order valence-corrected chi connectivity index (χ3v) is 11.6. The van der Waals surface area contributed by atoms with Crippen LogP contribution in [0.15, 0.2) is 22.8 Å². The Morgan fingerprint density at radius 2 is 1.70 bits per heavy atom. The molecule has 4 fully saturated rings. The molecule has 4 aliphatic carbocycles. The van der Waals surface area contributed by atoms with E-state index in [1.165, 1.54) is 6.92 Å². The van der Waals surface area contributed by atoms with E-state index < -0.39 is 24.1 Å². The zero-order valence-corrected chi connectivity index (χ0v) is 23.8. The van der Waals surface area contributed by atoms with Crippen molar-refractivity contribution in [2.45, 2.75) is 118 Å². The largest absolute Gasteiger partial charge is 0.478 e. The second kappa shape index (κ2) is 9.82. The lowest BCUT2D eigenvalue weighted by Gasteiger charge is -2.69. The molecular weight excluding hydrogens is 468 g/mol.